The van der Waals surface area contributed by atoms with Gasteiger partial charge in [0.15, 0.2) is 0 Å². The van der Waals surface area contributed by atoms with E-state index in [2.05, 4.69) is 4.98 Å². The van der Waals surface area contributed by atoms with Gasteiger partial charge >= 0.3 is 0 Å². The molecule has 1 aromatic heterocycles. The van der Waals surface area contributed by atoms with Gasteiger partial charge in [0.05, 0.1) is 5.41 Å². The van der Waals surface area contributed by atoms with Crippen LogP contribution >= 0.6 is 0 Å². The number of hydrogen-bond donors (Lipinski definition) is 1. The predicted molar refractivity (Wildman–Crippen MR) is 58.0 cm³/mol. The Morgan fingerprint density at radius 2 is 2.20 bits per heavy atom. The van der Waals surface area contributed by atoms with Gasteiger partial charge < -0.3 is 5.73 Å². The molecule has 1 aliphatic carbocycles. The first-order valence-electron chi connectivity index (χ1n) is 5.42. The summed E-state index contributed by atoms with van der Waals surface area (Å²) in [5.41, 5.74) is 6.33. The normalized spacial score (nSPS) is 18.9. The number of primary amides is 1. The van der Waals surface area contributed by atoms with E-state index < -0.39 is 0 Å². The molecule has 2 rings (SSSR count). The van der Waals surface area contributed by atoms with Crippen LogP contribution < -0.4 is 5.73 Å². The molecule has 1 fully saturated rings. The highest BCUT2D eigenvalue weighted by Gasteiger charge is 2.39. The van der Waals surface area contributed by atoms with E-state index >= 15 is 0 Å². The maximum atomic E-state index is 11.5. The summed E-state index contributed by atoms with van der Waals surface area (Å²) in [5.74, 6) is -0.149. The molecule has 0 radical (unpaired) electrons. The van der Waals surface area contributed by atoms with Gasteiger partial charge in [0.2, 0.25) is 5.91 Å². The molecule has 0 unspecified atom stereocenters. The summed E-state index contributed by atoms with van der Waals surface area (Å²) in [6.07, 6.45) is 8.40. The molecule has 0 atom stereocenters. The molecule has 0 aromatic carbocycles. The van der Waals surface area contributed by atoms with Crippen LogP contribution in [0.15, 0.2) is 24.5 Å². The second-order valence-electron chi connectivity index (χ2n) is 4.39. The molecule has 3 nitrogen and oxygen atoms in total. The topological polar surface area (TPSA) is 56.0 Å². The molecule has 0 bridgehead atoms. The average Bonchev–Trinajstić information content (AvgIpc) is 2.69. The molecule has 1 aromatic rings. The van der Waals surface area contributed by atoms with Crippen LogP contribution in [0.5, 0.6) is 0 Å². The molecule has 0 spiro atoms. The highest BCUT2D eigenvalue weighted by Crippen LogP contribution is 2.40. The van der Waals surface area contributed by atoms with Gasteiger partial charge in [0.1, 0.15) is 0 Å². The van der Waals surface area contributed by atoms with Crippen LogP contribution in [-0.2, 0) is 11.2 Å². The molecule has 80 valence electrons. The quantitative estimate of drug-likeness (QED) is 0.814. The minimum atomic E-state index is -0.303. The van der Waals surface area contributed by atoms with Gasteiger partial charge in [-0.2, -0.15) is 0 Å². The smallest absolute Gasteiger partial charge is 0.223 e. The first-order valence-corrected chi connectivity index (χ1v) is 5.42. The molecule has 0 aliphatic heterocycles. The number of rotatable bonds is 3. The van der Waals surface area contributed by atoms with E-state index in [-0.39, 0.29) is 11.3 Å². The third-order valence-electron chi connectivity index (χ3n) is 3.35. The lowest BCUT2D eigenvalue weighted by Crippen LogP contribution is -2.36. The van der Waals surface area contributed by atoms with E-state index in [1.807, 2.05) is 18.3 Å². The monoisotopic (exact) mass is 204 g/mol. The zero-order valence-corrected chi connectivity index (χ0v) is 8.78. The van der Waals surface area contributed by atoms with Crippen molar-refractivity contribution in [3.63, 3.8) is 0 Å². The minimum Gasteiger partial charge on any atom is -0.369 e. The molecular weight excluding hydrogens is 188 g/mol. The number of aromatic nitrogens is 1. The van der Waals surface area contributed by atoms with Crippen LogP contribution in [0.1, 0.15) is 31.2 Å². The van der Waals surface area contributed by atoms with Crippen molar-refractivity contribution in [2.75, 3.05) is 0 Å². The Labute approximate surface area is 89.7 Å². The molecular formula is C12H16N2O. The van der Waals surface area contributed by atoms with E-state index in [0.29, 0.717) is 0 Å². The van der Waals surface area contributed by atoms with Gasteiger partial charge in [0.25, 0.3) is 0 Å². The number of carbonyl (C=O) groups is 1. The van der Waals surface area contributed by atoms with Gasteiger partial charge in [-0.15, -0.1) is 0 Å². The van der Waals surface area contributed by atoms with Crippen molar-refractivity contribution in [2.24, 2.45) is 11.1 Å². The SMILES string of the molecule is NC(=O)C1(Cc2cccnc2)CCCC1. The fourth-order valence-corrected chi connectivity index (χ4v) is 2.46. The van der Waals surface area contributed by atoms with Crippen LogP contribution in [0, 0.1) is 5.41 Å². The zero-order chi connectivity index (χ0) is 10.7. The summed E-state index contributed by atoms with van der Waals surface area (Å²) in [7, 11) is 0. The summed E-state index contributed by atoms with van der Waals surface area (Å²) in [6, 6.07) is 3.91. The standard InChI is InChI=1S/C12H16N2O/c13-11(15)12(5-1-2-6-12)8-10-4-3-7-14-9-10/h3-4,7,9H,1-2,5-6,8H2,(H2,13,15). The van der Waals surface area contributed by atoms with E-state index in [1.165, 1.54) is 0 Å². The minimum absolute atomic E-state index is 0.149. The number of amides is 1. The molecule has 15 heavy (non-hydrogen) atoms. The Hall–Kier alpha value is -1.38. The fourth-order valence-electron chi connectivity index (χ4n) is 2.46. The lowest BCUT2D eigenvalue weighted by Gasteiger charge is -2.24. The molecule has 3 heteroatoms. The van der Waals surface area contributed by atoms with Gasteiger partial charge in [-0.3, -0.25) is 9.78 Å². The number of pyridine rings is 1. The number of nitrogens with two attached hydrogens (primary N) is 1. The molecule has 2 N–H and O–H groups in total. The summed E-state index contributed by atoms with van der Waals surface area (Å²) < 4.78 is 0. The fraction of sp³-hybridized carbons (Fsp3) is 0.500. The third-order valence-corrected chi connectivity index (χ3v) is 3.35. The van der Waals surface area contributed by atoms with Crippen LogP contribution in [0.2, 0.25) is 0 Å². The van der Waals surface area contributed by atoms with Crippen molar-refractivity contribution >= 4 is 5.91 Å². The Kier molecular flexibility index (Phi) is 2.71. The van der Waals surface area contributed by atoms with E-state index in [1.54, 1.807) is 6.20 Å². The van der Waals surface area contributed by atoms with Gasteiger partial charge in [-0.1, -0.05) is 18.9 Å². The van der Waals surface area contributed by atoms with Crippen LogP contribution in [0.3, 0.4) is 0 Å². The third kappa shape index (κ3) is 2.01. The van der Waals surface area contributed by atoms with Gasteiger partial charge in [0, 0.05) is 12.4 Å². The number of nitrogens with zero attached hydrogens (tertiary/aromatic N) is 1. The van der Waals surface area contributed by atoms with E-state index in [9.17, 15) is 4.79 Å². The Morgan fingerprint density at radius 3 is 2.73 bits per heavy atom. The van der Waals surface area contributed by atoms with Crippen molar-refractivity contribution in [1.82, 2.24) is 4.98 Å². The largest absolute Gasteiger partial charge is 0.369 e. The summed E-state index contributed by atoms with van der Waals surface area (Å²) in [5, 5.41) is 0. The van der Waals surface area contributed by atoms with Gasteiger partial charge in [-0.05, 0) is 30.9 Å². The van der Waals surface area contributed by atoms with Crippen LogP contribution in [0.25, 0.3) is 0 Å². The Balaban J connectivity index is 2.18. The maximum Gasteiger partial charge on any atom is 0.223 e. The van der Waals surface area contributed by atoms with Crippen molar-refractivity contribution in [3.05, 3.63) is 30.1 Å². The second kappa shape index (κ2) is 4.01. The van der Waals surface area contributed by atoms with E-state index in [4.69, 9.17) is 5.73 Å². The second-order valence-corrected chi connectivity index (χ2v) is 4.39. The van der Waals surface area contributed by atoms with Gasteiger partial charge in [-0.25, -0.2) is 0 Å². The summed E-state index contributed by atoms with van der Waals surface area (Å²) in [4.78, 5) is 15.6. The van der Waals surface area contributed by atoms with Crippen molar-refractivity contribution < 1.29 is 4.79 Å². The number of carbonyl (C=O) groups excluding carboxylic acids is 1. The lowest BCUT2D eigenvalue weighted by molar-refractivity contribution is -0.127. The van der Waals surface area contributed by atoms with Crippen LogP contribution in [-0.4, -0.2) is 10.9 Å². The average molecular weight is 204 g/mol. The van der Waals surface area contributed by atoms with Crippen molar-refractivity contribution in [3.8, 4) is 0 Å². The summed E-state index contributed by atoms with van der Waals surface area (Å²) in [6.45, 7) is 0. The lowest BCUT2D eigenvalue weighted by atomic mass is 9.80. The number of hydrogen-bond acceptors (Lipinski definition) is 2. The van der Waals surface area contributed by atoms with Crippen molar-refractivity contribution in [2.45, 2.75) is 32.1 Å². The first kappa shape index (κ1) is 10.1. The highest BCUT2D eigenvalue weighted by molar-refractivity contribution is 5.81. The summed E-state index contributed by atoms with van der Waals surface area (Å²) >= 11 is 0. The Morgan fingerprint density at radius 1 is 1.47 bits per heavy atom. The Bertz CT molecular complexity index is 342. The molecule has 1 heterocycles. The first-order chi connectivity index (χ1) is 7.23. The maximum absolute atomic E-state index is 11.5. The van der Waals surface area contributed by atoms with E-state index in [0.717, 1.165) is 37.7 Å². The van der Waals surface area contributed by atoms with Crippen LogP contribution in [0.4, 0.5) is 0 Å². The molecule has 1 saturated carbocycles. The molecule has 1 aliphatic rings. The molecule has 0 saturated heterocycles. The predicted octanol–water partition coefficient (Wildman–Crippen LogP) is 1.67. The zero-order valence-electron chi connectivity index (χ0n) is 8.78. The molecule has 1 amide bonds. The van der Waals surface area contributed by atoms with Crippen molar-refractivity contribution in [1.29, 1.82) is 0 Å². The highest BCUT2D eigenvalue weighted by atomic mass is 16.1.